The van der Waals surface area contributed by atoms with E-state index in [0.717, 1.165) is 42.1 Å². The van der Waals surface area contributed by atoms with Crippen LogP contribution in [0.3, 0.4) is 0 Å². The van der Waals surface area contributed by atoms with E-state index in [4.69, 9.17) is 0 Å². The SMILES string of the molecule is O=C(NC[C@H]1C[C@H]2C=C[C@H]1C2)C12CC3CC(CC(C3)C1)C2. The summed E-state index contributed by atoms with van der Waals surface area (Å²) in [6.07, 6.45) is 15.3. The van der Waals surface area contributed by atoms with Crippen molar-refractivity contribution in [3.8, 4) is 0 Å². The second-order valence-electron chi connectivity index (χ2n) is 8.95. The minimum Gasteiger partial charge on any atom is -0.355 e. The molecule has 0 heterocycles. The molecule has 2 heteroatoms. The molecule has 0 unspecified atom stereocenters. The van der Waals surface area contributed by atoms with Gasteiger partial charge in [-0.25, -0.2) is 0 Å². The molecule has 6 aliphatic carbocycles. The van der Waals surface area contributed by atoms with Crippen molar-refractivity contribution in [3.05, 3.63) is 12.2 Å². The van der Waals surface area contributed by atoms with Crippen LogP contribution in [0.15, 0.2) is 12.2 Å². The molecule has 6 aliphatic rings. The minimum absolute atomic E-state index is 0.0439. The normalized spacial score (nSPS) is 52.6. The highest BCUT2D eigenvalue weighted by Gasteiger charge is 2.54. The second kappa shape index (κ2) is 4.36. The van der Waals surface area contributed by atoms with Gasteiger partial charge in [0.05, 0.1) is 0 Å². The Hall–Kier alpha value is -0.790. The zero-order chi connectivity index (χ0) is 14.0. The predicted molar refractivity (Wildman–Crippen MR) is 82.5 cm³/mol. The van der Waals surface area contributed by atoms with Gasteiger partial charge in [-0.1, -0.05) is 12.2 Å². The van der Waals surface area contributed by atoms with Crippen LogP contribution in [0, 0.1) is 40.9 Å². The third kappa shape index (κ3) is 1.94. The molecular weight excluding hydrogens is 258 g/mol. The lowest BCUT2D eigenvalue weighted by Crippen LogP contribution is -2.54. The zero-order valence-corrected chi connectivity index (χ0v) is 12.9. The average molecular weight is 285 g/mol. The Morgan fingerprint density at radius 2 is 1.62 bits per heavy atom. The Morgan fingerprint density at radius 1 is 0.952 bits per heavy atom. The highest BCUT2D eigenvalue weighted by atomic mass is 16.2. The van der Waals surface area contributed by atoms with Crippen molar-refractivity contribution in [2.75, 3.05) is 6.54 Å². The van der Waals surface area contributed by atoms with Gasteiger partial charge in [-0.3, -0.25) is 4.79 Å². The summed E-state index contributed by atoms with van der Waals surface area (Å²) in [4.78, 5) is 12.9. The fraction of sp³-hybridized carbons (Fsp3) is 0.842. The van der Waals surface area contributed by atoms with Gasteiger partial charge in [-0.15, -0.1) is 0 Å². The number of carbonyl (C=O) groups is 1. The van der Waals surface area contributed by atoms with E-state index in [9.17, 15) is 4.79 Å². The third-order valence-corrected chi connectivity index (χ3v) is 7.46. The smallest absolute Gasteiger partial charge is 0.226 e. The molecular formula is C19H27NO. The van der Waals surface area contributed by atoms with E-state index < -0.39 is 0 Å². The summed E-state index contributed by atoms with van der Waals surface area (Å²) in [6.45, 7) is 0.937. The zero-order valence-electron chi connectivity index (χ0n) is 12.9. The van der Waals surface area contributed by atoms with Crippen LogP contribution >= 0.6 is 0 Å². The molecule has 21 heavy (non-hydrogen) atoms. The summed E-state index contributed by atoms with van der Waals surface area (Å²) >= 11 is 0. The number of hydrogen-bond donors (Lipinski definition) is 1. The number of amides is 1. The highest BCUT2D eigenvalue weighted by Crippen LogP contribution is 2.60. The summed E-state index contributed by atoms with van der Waals surface area (Å²) in [5.41, 5.74) is 0.0439. The standard InChI is InChI=1S/C19H27NO/c21-18(20-11-17-7-12-1-2-16(17)6-12)19-8-13-3-14(9-19)5-15(4-13)10-19/h1-2,12-17H,3-11H2,(H,20,21)/t12-,13?,14?,15?,16-,17+,19?/m0/s1. The van der Waals surface area contributed by atoms with Crippen molar-refractivity contribution in [1.29, 1.82) is 0 Å². The van der Waals surface area contributed by atoms with E-state index in [-0.39, 0.29) is 5.41 Å². The Morgan fingerprint density at radius 3 is 2.14 bits per heavy atom. The maximum Gasteiger partial charge on any atom is 0.226 e. The first kappa shape index (κ1) is 12.7. The van der Waals surface area contributed by atoms with E-state index in [1.165, 1.54) is 51.4 Å². The molecule has 2 nitrogen and oxygen atoms in total. The van der Waals surface area contributed by atoms with Gasteiger partial charge in [-0.05, 0) is 86.9 Å². The van der Waals surface area contributed by atoms with Crippen LogP contribution < -0.4 is 5.32 Å². The van der Waals surface area contributed by atoms with Crippen LogP contribution in [-0.2, 0) is 4.79 Å². The molecule has 5 fully saturated rings. The summed E-state index contributed by atoms with van der Waals surface area (Å²) in [5.74, 6) is 5.32. The maximum absolute atomic E-state index is 12.9. The second-order valence-corrected chi connectivity index (χ2v) is 8.95. The number of nitrogens with one attached hydrogen (secondary N) is 1. The van der Waals surface area contributed by atoms with Crippen molar-refractivity contribution in [3.63, 3.8) is 0 Å². The quantitative estimate of drug-likeness (QED) is 0.790. The topological polar surface area (TPSA) is 29.1 Å². The summed E-state index contributed by atoms with van der Waals surface area (Å²) < 4.78 is 0. The molecule has 1 N–H and O–H groups in total. The van der Waals surface area contributed by atoms with Crippen molar-refractivity contribution in [1.82, 2.24) is 5.32 Å². The number of allylic oxidation sites excluding steroid dienone is 2. The van der Waals surface area contributed by atoms with Gasteiger partial charge in [0.1, 0.15) is 0 Å². The number of carbonyl (C=O) groups excluding carboxylic acids is 1. The van der Waals surface area contributed by atoms with Gasteiger partial charge in [0.15, 0.2) is 0 Å². The molecule has 1 amide bonds. The van der Waals surface area contributed by atoms with Gasteiger partial charge < -0.3 is 5.32 Å². The van der Waals surface area contributed by atoms with Crippen LogP contribution in [0.25, 0.3) is 0 Å². The Kier molecular flexibility index (Phi) is 2.64. The predicted octanol–water partition coefficient (Wildman–Crippen LogP) is 3.53. The van der Waals surface area contributed by atoms with Crippen LogP contribution in [0.4, 0.5) is 0 Å². The van der Waals surface area contributed by atoms with Gasteiger partial charge in [0.2, 0.25) is 5.91 Å². The van der Waals surface area contributed by atoms with E-state index in [1.54, 1.807) is 0 Å². The van der Waals surface area contributed by atoms with E-state index in [1.807, 2.05) is 0 Å². The van der Waals surface area contributed by atoms with Crippen LogP contribution in [0.1, 0.15) is 51.4 Å². The number of hydrogen-bond acceptors (Lipinski definition) is 1. The Labute approximate surface area is 127 Å². The maximum atomic E-state index is 12.9. The molecule has 0 saturated heterocycles. The lowest BCUT2D eigenvalue weighted by atomic mass is 9.49. The van der Waals surface area contributed by atoms with E-state index >= 15 is 0 Å². The molecule has 6 rings (SSSR count). The van der Waals surface area contributed by atoms with Gasteiger partial charge in [0.25, 0.3) is 0 Å². The van der Waals surface area contributed by atoms with Crippen LogP contribution in [-0.4, -0.2) is 12.5 Å². The van der Waals surface area contributed by atoms with Gasteiger partial charge in [-0.2, -0.15) is 0 Å². The van der Waals surface area contributed by atoms with E-state index in [2.05, 4.69) is 17.5 Å². The molecule has 0 spiro atoms. The summed E-state index contributed by atoms with van der Waals surface area (Å²) in [6, 6.07) is 0. The van der Waals surface area contributed by atoms with Crippen molar-refractivity contribution >= 4 is 5.91 Å². The monoisotopic (exact) mass is 285 g/mol. The molecule has 114 valence electrons. The molecule has 6 bridgehead atoms. The van der Waals surface area contributed by atoms with E-state index in [0.29, 0.717) is 5.91 Å². The minimum atomic E-state index is 0.0439. The molecule has 0 radical (unpaired) electrons. The highest BCUT2D eigenvalue weighted by molar-refractivity contribution is 5.83. The fourth-order valence-electron chi connectivity index (χ4n) is 6.93. The summed E-state index contributed by atoms with van der Waals surface area (Å²) in [5, 5.41) is 3.39. The molecule has 0 aromatic rings. The third-order valence-electron chi connectivity index (χ3n) is 7.46. The Balaban J connectivity index is 1.26. The van der Waals surface area contributed by atoms with Gasteiger partial charge in [0, 0.05) is 12.0 Å². The summed E-state index contributed by atoms with van der Waals surface area (Å²) in [7, 11) is 0. The van der Waals surface area contributed by atoms with Gasteiger partial charge >= 0.3 is 0 Å². The number of fused-ring (bicyclic) bond motifs is 2. The first-order valence-corrected chi connectivity index (χ1v) is 9.17. The lowest BCUT2D eigenvalue weighted by molar-refractivity contribution is -0.146. The first-order chi connectivity index (χ1) is 10.2. The molecule has 5 saturated carbocycles. The lowest BCUT2D eigenvalue weighted by Gasteiger charge is -2.55. The van der Waals surface area contributed by atoms with Crippen LogP contribution in [0.5, 0.6) is 0 Å². The van der Waals surface area contributed by atoms with Crippen molar-refractivity contribution in [2.45, 2.75) is 51.4 Å². The first-order valence-electron chi connectivity index (χ1n) is 9.17. The fourth-order valence-corrected chi connectivity index (χ4v) is 6.93. The van der Waals surface area contributed by atoms with Crippen molar-refractivity contribution in [2.24, 2.45) is 40.9 Å². The molecule has 0 aliphatic heterocycles. The average Bonchev–Trinajstić information content (AvgIpc) is 3.05. The number of rotatable bonds is 3. The van der Waals surface area contributed by atoms with Crippen molar-refractivity contribution < 1.29 is 4.79 Å². The van der Waals surface area contributed by atoms with Crippen LogP contribution in [0.2, 0.25) is 0 Å². The molecule has 3 atom stereocenters. The largest absolute Gasteiger partial charge is 0.355 e. The molecule has 0 aromatic carbocycles. The molecule has 0 aromatic heterocycles. The Bertz CT molecular complexity index is 459.